The Labute approximate surface area is 176 Å². The van der Waals surface area contributed by atoms with E-state index in [-0.39, 0.29) is 22.9 Å². The number of benzene rings is 2. The van der Waals surface area contributed by atoms with Crippen LogP contribution in [-0.4, -0.2) is 50.4 Å². The zero-order chi connectivity index (χ0) is 21.9. The molecular weight excluding hydrogens is 418 g/mol. The third-order valence-electron chi connectivity index (χ3n) is 3.63. The van der Waals surface area contributed by atoms with Crippen LogP contribution in [0.3, 0.4) is 0 Å². The molecule has 0 aromatic heterocycles. The SMILES string of the molecule is COCCNC(=O)CSc1ccccc1C(=O)OCC(=O)Nc1cc(F)ccc1F. The van der Waals surface area contributed by atoms with Crippen molar-refractivity contribution in [2.24, 2.45) is 0 Å². The molecule has 2 N–H and O–H groups in total. The molecule has 0 fully saturated rings. The van der Waals surface area contributed by atoms with E-state index in [9.17, 15) is 23.2 Å². The number of carbonyl (C=O) groups excluding carboxylic acids is 3. The Balaban J connectivity index is 1.90. The van der Waals surface area contributed by atoms with Crippen LogP contribution in [0.5, 0.6) is 0 Å². The lowest BCUT2D eigenvalue weighted by atomic mass is 10.2. The zero-order valence-electron chi connectivity index (χ0n) is 16.1. The molecule has 0 aliphatic carbocycles. The number of methoxy groups -OCH3 is 1. The lowest BCUT2D eigenvalue weighted by Crippen LogP contribution is -2.28. The Hall–Kier alpha value is -2.98. The minimum atomic E-state index is -0.824. The van der Waals surface area contributed by atoms with Crippen LogP contribution in [0.25, 0.3) is 0 Å². The van der Waals surface area contributed by atoms with Crippen LogP contribution >= 0.6 is 11.8 Å². The summed E-state index contributed by atoms with van der Waals surface area (Å²) in [5.74, 6) is -3.30. The largest absolute Gasteiger partial charge is 0.452 e. The Kier molecular flexibility index (Phi) is 9.23. The van der Waals surface area contributed by atoms with Crippen molar-refractivity contribution in [3.63, 3.8) is 0 Å². The highest BCUT2D eigenvalue weighted by Gasteiger charge is 2.16. The summed E-state index contributed by atoms with van der Waals surface area (Å²) in [5, 5.41) is 4.80. The standard InChI is InChI=1S/C20H20F2N2O5S/c1-28-9-8-23-19(26)12-30-17-5-3-2-4-14(17)20(27)29-11-18(25)24-16-10-13(21)6-7-15(16)22/h2-7,10H,8-9,11-12H2,1H3,(H,23,26)(H,24,25). The maximum atomic E-state index is 13.6. The van der Waals surface area contributed by atoms with Crippen molar-refractivity contribution in [3.8, 4) is 0 Å². The Bertz CT molecular complexity index is 911. The van der Waals surface area contributed by atoms with Gasteiger partial charge < -0.3 is 20.1 Å². The van der Waals surface area contributed by atoms with E-state index in [1.807, 2.05) is 0 Å². The maximum absolute atomic E-state index is 13.6. The zero-order valence-corrected chi connectivity index (χ0v) is 16.9. The number of halogens is 2. The van der Waals surface area contributed by atoms with E-state index in [0.29, 0.717) is 18.0 Å². The molecule has 0 spiro atoms. The molecule has 2 aromatic carbocycles. The van der Waals surface area contributed by atoms with Crippen LogP contribution in [-0.2, 0) is 19.1 Å². The molecule has 160 valence electrons. The molecule has 0 bridgehead atoms. The number of anilines is 1. The van der Waals surface area contributed by atoms with Gasteiger partial charge in [0.05, 0.1) is 23.6 Å². The lowest BCUT2D eigenvalue weighted by Gasteiger charge is -2.10. The Morgan fingerprint density at radius 2 is 1.83 bits per heavy atom. The molecule has 0 aliphatic rings. The number of ether oxygens (including phenoxy) is 2. The number of rotatable bonds is 10. The first-order valence-electron chi connectivity index (χ1n) is 8.80. The molecule has 2 amide bonds. The molecule has 0 saturated carbocycles. The Morgan fingerprint density at radius 1 is 1.07 bits per heavy atom. The van der Waals surface area contributed by atoms with E-state index in [2.05, 4.69) is 10.6 Å². The monoisotopic (exact) mass is 438 g/mol. The highest BCUT2D eigenvalue weighted by molar-refractivity contribution is 8.00. The van der Waals surface area contributed by atoms with Crippen molar-refractivity contribution < 1.29 is 32.6 Å². The van der Waals surface area contributed by atoms with Crippen molar-refractivity contribution >= 4 is 35.2 Å². The quantitative estimate of drug-likeness (QED) is 0.337. The molecule has 0 unspecified atom stereocenters. The number of nitrogens with one attached hydrogen (secondary N) is 2. The summed E-state index contributed by atoms with van der Waals surface area (Å²) in [6.45, 7) is 0.0762. The highest BCUT2D eigenvalue weighted by Crippen LogP contribution is 2.23. The first kappa shape index (κ1) is 23.3. The average molecular weight is 438 g/mol. The molecule has 0 aliphatic heterocycles. The summed E-state index contributed by atoms with van der Waals surface area (Å²) >= 11 is 1.14. The van der Waals surface area contributed by atoms with Crippen molar-refractivity contribution in [3.05, 3.63) is 59.7 Å². The number of carbonyl (C=O) groups is 3. The van der Waals surface area contributed by atoms with Gasteiger partial charge in [0.1, 0.15) is 11.6 Å². The summed E-state index contributed by atoms with van der Waals surface area (Å²) < 4.78 is 36.5. The molecule has 2 rings (SSSR count). The van der Waals surface area contributed by atoms with Crippen molar-refractivity contribution in [1.29, 1.82) is 0 Å². The predicted molar refractivity (Wildman–Crippen MR) is 107 cm³/mol. The van der Waals surface area contributed by atoms with E-state index in [1.54, 1.807) is 18.2 Å². The number of esters is 1. The van der Waals surface area contributed by atoms with Gasteiger partial charge in [-0.3, -0.25) is 9.59 Å². The van der Waals surface area contributed by atoms with Gasteiger partial charge in [-0.15, -0.1) is 11.8 Å². The lowest BCUT2D eigenvalue weighted by molar-refractivity contribution is -0.119. The van der Waals surface area contributed by atoms with Gasteiger partial charge in [0, 0.05) is 24.6 Å². The van der Waals surface area contributed by atoms with E-state index < -0.39 is 30.1 Å². The van der Waals surface area contributed by atoms with Crippen LogP contribution in [0, 0.1) is 11.6 Å². The van der Waals surface area contributed by atoms with Gasteiger partial charge in [0.15, 0.2) is 6.61 Å². The van der Waals surface area contributed by atoms with Crippen molar-refractivity contribution in [2.45, 2.75) is 4.90 Å². The average Bonchev–Trinajstić information content (AvgIpc) is 2.73. The molecule has 0 heterocycles. The van der Waals surface area contributed by atoms with Gasteiger partial charge in [0.2, 0.25) is 5.91 Å². The molecule has 0 atom stereocenters. The van der Waals surface area contributed by atoms with Gasteiger partial charge in [0.25, 0.3) is 5.91 Å². The summed E-state index contributed by atoms with van der Waals surface area (Å²) in [6.07, 6.45) is 0. The molecule has 7 nitrogen and oxygen atoms in total. The van der Waals surface area contributed by atoms with E-state index >= 15 is 0 Å². The molecule has 0 saturated heterocycles. The Morgan fingerprint density at radius 3 is 2.60 bits per heavy atom. The maximum Gasteiger partial charge on any atom is 0.339 e. The van der Waals surface area contributed by atoms with Crippen LogP contribution in [0.2, 0.25) is 0 Å². The second-order valence-corrected chi connectivity index (χ2v) is 6.89. The van der Waals surface area contributed by atoms with Crippen LogP contribution in [0.15, 0.2) is 47.4 Å². The fraction of sp³-hybridized carbons (Fsp3) is 0.250. The first-order valence-corrected chi connectivity index (χ1v) is 9.78. The second-order valence-electron chi connectivity index (χ2n) is 5.88. The van der Waals surface area contributed by atoms with Gasteiger partial charge in [-0.2, -0.15) is 0 Å². The number of hydrogen-bond acceptors (Lipinski definition) is 6. The normalized spacial score (nSPS) is 10.4. The first-order chi connectivity index (χ1) is 14.4. The summed E-state index contributed by atoms with van der Waals surface area (Å²) in [6, 6.07) is 9.05. The van der Waals surface area contributed by atoms with Gasteiger partial charge in [-0.25, -0.2) is 13.6 Å². The minimum Gasteiger partial charge on any atom is -0.452 e. The summed E-state index contributed by atoms with van der Waals surface area (Å²) in [5.41, 5.74) is -0.177. The highest BCUT2D eigenvalue weighted by atomic mass is 32.2. The van der Waals surface area contributed by atoms with Crippen molar-refractivity contribution in [2.75, 3.05) is 37.9 Å². The third-order valence-corrected chi connectivity index (χ3v) is 4.70. The fourth-order valence-electron chi connectivity index (χ4n) is 2.24. The molecular formula is C20H20F2N2O5S. The molecule has 0 radical (unpaired) electrons. The van der Waals surface area contributed by atoms with Gasteiger partial charge in [-0.05, 0) is 24.3 Å². The smallest absolute Gasteiger partial charge is 0.339 e. The summed E-state index contributed by atoms with van der Waals surface area (Å²) in [7, 11) is 1.53. The molecule has 10 heteroatoms. The topological polar surface area (TPSA) is 93.7 Å². The van der Waals surface area contributed by atoms with Crippen molar-refractivity contribution in [1.82, 2.24) is 5.32 Å². The van der Waals surface area contributed by atoms with Crippen LogP contribution in [0.4, 0.5) is 14.5 Å². The van der Waals surface area contributed by atoms with E-state index in [1.165, 1.54) is 13.2 Å². The van der Waals surface area contributed by atoms with Gasteiger partial charge >= 0.3 is 5.97 Å². The van der Waals surface area contributed by atoms with Crippen LogP contribution in [0.1, 0.15) is 10.4 Å². The third kappa shape index (κ3) is 7.45. The predicted octanol–water partition coefficient (Wildman–Crippen LogP) is 2.62. The molecule has 30 heavy (non-hydrogen) atoms. The second kappa shape index (κ2) is 11.9. The summed E-state index contributed by atoms with van der Waals surface area (Å²) in [4.78, 5) is 36.5. The van der Waals surface area contributed by atoms with Gasteiger partial charge in [-0.1, -0.05) is 12.1 Å². The minimum absolute atomic E-state index is 0.0767. The number of hydrogen-bond donors (Lipinski definition) is 2. The number of amides is 2. The van der Waals surface area contributed by atoms with E-state index in [4.69, 9.17) is 9.47 Å². The van der Waals surface area contributed by atoms with E-state index in [0.717, 1.165) is 30.0 Å². The fourth-order valence-corrected chi connectivity index (χ4v) is 3.11. The van der Waals surface area contributed by atoms with Crippen LogP contribution < -0.4 is 10.6 Å². The molecule has 2 aromatic rings. The number of thioether (sulfide) groups is 1.